The molecule has 2 aromatic carbocycles. The second-order valence-electron chi connectivity index (χ2n) is 7.51. The molecule has 0 bridgehead atoms. The minimum atomic E-state index is 0.0664. The molecule has 0 aliphatic rings. The van der Waals surface area contributed by atoms with E-state index in [-0.39, 0.29) is 5.43 Å². The fourth-order valence-corrected chi connectivity index (χ4v) is 4.51. The first-order valence-electron chi connectivity index (χ1n) is 10.4. The zero-order valence-electron chi connectivity index (χ0n) is 17.2. The first-order valence-corrected chi connectivity index (χ1v) is 11.4. The molecule has 0 atom stereocenters. The summed E-state index contributed by atoms with van der Waals surface area (Å²) in [7, 11) is 0. The maximum Gasteiger partial charge on any atom is 0.196 e. The molecular weight excluding hydrogens is 392 g/mol. The molecule has 0 spiro atoms. The molecule has 0 radical (unpaired) electrons. The quantitative estimate of drug-likeness (QED) is 0.260. The van der Waals surface area contributed by atoms with Gasteiger partial charge in [0.25, 0.3) is 0 Å². The number of nitrogens with zero attached hydrogens (tertiary/aromatic N) is 2. The number of para-hydroxylation sites is 1. The van der Waals surface area contributed by atoms with Gasteiger partial charge in [-0.25, -0.2) is 4.98 Å². The van der Waals surface area contributed by atoms with Crippen LogP contribution < -0.4 is 5.43 Å². The zero-order chi connectivity index (χ0) is 20.8. The number of aromatic nitrogens is 2. The molecule has 5 heteroatoms. The summed E-state index contributed by atoms with van der Waals surface area (Å²) in [6.07, 6.45) is 10.1. The molecular formula is C25H26N2O2S. The van der Waals surface area contributed by atoms with E-state index in [4.69, 9.17) is 4.42 Å². The minimum absolute atomic E-state index is 0.0664. The third-order valence-corrected chi connectivity index (χ3v) is 6.38. The minimum Gasteiger partial charge on any atom is -0.449 e. The summed E-state index contributed by atoms with van der Waals surface area (Å²) in [6, 6.07) is 16.3. The molecule has 4 rings (SSSR count). The smallest absolute Gasteiger partial charge is 0.196 e. The van der Waals surface area contributed by atoms with Crippen molar-refractivity contribution in [1.29, 1.82) is 0 Å². The van der Waals surface area contributed by atoms with Crippen LogP contribution in [-0.2, 0) is 19.4 Å². The molecule has 0 N–H and O–H groups in total. The first-order chi connectivity index (χ1) is 14.7. The van der Waals surface area contributed by atoms with Crippen molar-refractivity contribution in [1.82, 2.24) is 9.55 Å². The number of imidazole rings is 1. The lowest BCUT2D eigenvalue weighted by atomic mass is 10.1. The highest BCUT2D eigenvalue weighted by molar-refractivity contribution is 7.99. The molecule has 2 heterocycles. The van der Waals surface area contributed by atoms with Gasteiger partial charge in [0.2, 0.25) is 0 Å². The SMILES string of the molecule is Cc1c(SCCc2ccc(CCCCn3ccnc3)cc2)oc2ccccc2c1=O. The van der Waals surface area contributed by atoms with Crippen LogP contribution in [0.15, 0.2) is 81.6 Å². The highest BCUT2D eigenvalue weighted by Gasteiger charge is 2.10. The number of aryl methyl sites for hydroxylation is 3. The third-order valence-electron chi connectivity index (χ3n) is 5.32. The largest absolute Gasteiger partial charge is 0.449 e. The Kier molecular flexibility index (Phi) is 6.70. The van der Waals surface area contributed by atoms with Gasteiger partial charge in [0.1, 0.15) is 5.58 Å². The standard InChI is InChI=1S/C25H26N2O2S/c1-19-24(28)22-7-2-3-8-23(22)29-25(19)30-17-13-21-11-9-20(10-12-21)6-4-5-15-27-16-14-26-18-27/h2-3,7-12,14,16,18H,4-6,13,15,17H2,1H3. The number of benzene rings is 2. The molecule has 4 aromatic rings. The first kappa shape index (κ1) is 20.5. The Morgan fingerprint density at radius 2 is 1.77 bits per heavy atom. The summed E-state index contributed by atoms with van der Waals surface area (Å²) >= 11 is 1.62. The van der Waals surface area contributed by atoms with E-state index < -0.39 is 0 Å². The van der Waals surface area contributed by atoms with Crippen molar-refractivity contribution in [3.8, 4) is 0 Å². The second kappa shape index (κ2) is 9.81. The van der Waals surface area contributed by atoms with Crippen molar-refractivity contribution in [3.63, 3.8) is 0 Å². The summed E-state index contributed by atoms with van der Waals surface area (Å²) in [5.74, 6) is 0.881. The van der Waals surface area contributed by atoms with Crippen LogP contribution >= 0.6 is 11.8 Å². The lowest BCUT2D eigenvalue weighted by molar-refractivity contribution is 0.492. The van der Waals surface area contributed by atoms with Crippen LogP contribution in [-0.4, -0.2) is 15.3 Å². The van der Waals surface area contributed by atoms with Gasteiger partial charge in [-0.2, -0.15) is 0 Å². The van der Waals surface area contributed by atoms with Crippen molar-refractivity contribution >= 4 is 22.7 Å². The summed E-state index contributed by atoms with van der Waals surface area (Å²) < 4.78 is 8.09. The van der Waals surface area contributed by atoms with Gasteiger partial charge in [0.15, 0.2) is 10.5 Å². The van der Waals surface area contributed by atoms with Gasteiger partial charge in [0, 0.05) is 30.3 Å². The number of fused-ring (bicyclic) bond motifs is 1. The molecule has 4 nitrogen and oxygen atoms in total. The molecule has 30 heavy (non-hydrogen) atoms. The summed E-state index contributed by atoms with van der Waals surface area (Å²) in [6.45, 7) is 2.88. The maximum atomic E-state index is 12.5. The van der Waals surface area contributed by atoms with Gasteiger partial charge in [-0.15, -0.1) is 0 Å². The molecule has 0 amide bonds. The van der Waals surface area contributed by atoms with Gasteiger partial charge < -0.3 is 8.98 Å². The van der Waals surface area contributed by atoms with Crippen LogP contribution in [0.3, 0.4) is 0 Å². The molecule has 0 saturated carbocycles. The monoisotopic (exact) mass is 418 g/mol. The molecule has 2 aromatic heterocycles. The van der Waals surface area contributed by atoms with E-state index in [1.54, 1.807) is 11.8 Å². The number of thioether (sulfide) groups is 1. The van der Waals surface area contributed by atoms with Crippen molar-refractivity contribution < 1.29 is 4.42 Å². The van der Waals surface area contributed by atoms with E-state index in [1.165, 1.54) is 17.5 Å². The van der Waals surface area contributed by atoms with Gasteiger partial charge in [-0.3, -0.25) is 4.79 Å². The molecule has 0 unspecified atom stereocenters. The Labute approximate surface area is 181 Å². The van der Waals surface area contributed by atoms with E-state index in [9.17, 15) is 4.79 Å². The predicted octanol–water partition coefficient (Wildman–Crippen LogP) is 5.66. The van der Waals surface area contributed by atoms with Gasteiger partial charge >= 0.3 is 0 Å². The van der Waals surface area contributed by atoms with Crippen LogP contribution in [0.5, 0.6) is 0 Å². The Bertz CT molecular complexity index is 1150. The Balaban J connectivity index is 1.27. The van der Waals surface area contributed by atoms with Gasteiger partial charge in [-0.05, 0) is 55.9 Å². The van der Waals surface area contributed by atoms with Crippen molar-refractivity contribution in [3.05, 3.63) is 94.2 Å². The predicted molar refractivity (Wildman–Crippen MR) is 123 cm³/mol. The van der Waals surface area contributed by atoms with E-state index in [2.05, 4.69) is 33.8 Å². The van der Waals surface area contributed by atoms with Crippen molar-refractivity contribution in [2.45, 2.75) is 44.2 Å². The Hall–Kier alpha value is -2.79. The van der Waals surface area contributed by atoms with Crippen LogP contribution in [0.1, 0.15) is 29.5 Å². The van der Waals surface area contributed by atoms with Crippen LogP contribution in [0.25, 0.3) is 11.0 Å². The van der Waals surface area contributed by atoms with E-state index >= 15 is 0 Å². The summed E-state index contributed by atoms with van der Waals surface area (Å²) in [4.78, 5) is 16.6. The number of hydrogen-bond acceptors (Lipinski definition) is 4. The second-order valence-corrected chi connectivity index (χ2v) is 8.58. The Morgan fingerprint density at radius 1 is 1.00 bits per heavy atom. The fourth-order valence-electron chi connectivity index (χ4n) is 3.53. The average Bonchev–Trinajstić information content (AvgIpc) is 3.29. The summed E-state index contributed by atoms with van der Waals surface area (Å²) in [5, 5.41) is 1.38. The van der Waals surface area contributed by atoms with E-state index in [1.807, 2.05) is 49.9 Å². The van der Waals surface area contributed by atoms with Crippen molar-refractivity contribution in [2.24, 2.45) is 0 Å². The van der Waals surface area contributed by atoms with Crippen LogP contribution in [0.4, 0.5) is 0 Å². The Morgan fingerprint density at radius 3 is 2.53 bits per heavy atom. The van der Waals surface area contributed by atoms with Crippen LogP contribution in [0.2, 0.25) is 0 Å². The molecule has 0 aliphatic heterocycles. The molecule has 0 fully saturated rings. The van der Waals surface area contributed by atoms with Gasteiger partial charge in [-0.1, -0.05) is 48.2 Å². The zero-order valence-corrected chi connectivity index (χ0v) is 18.0. The maximum absolute atomic E-state index is 12.5. The number of unbranched alkanes of at least 4 members (excludes halogenated alkanes) is 1. The highest BCUT2D eigenvalue weighted by atomic mass is 32.2. The normalized spacial score (nSPS) is 11.2. The average molecular weight is 419 g/mol. The topological polar surface area (TPSA) is 48.0 Å². The highest BCUT2D eigenvalue weighted by Crippen LogP contribution is 2.25. The lowest BCUT2D eigenvalue weighted by Gasteiger charge is -2.07. The molecule has 0 aliphatic carbocycles. The lowest BCUT2D eigenvalue weighted by Crippen LogP contribution is -2.06. The molecule has 154 valence electrons. The van der Waals surface area contributed by atoms with Crippen LogP contribution in [0, 0.1) is 6.92 Å². The fraction of sp³-hybridized carbons (Fsp3) is 0.280. The van der Waals surface area contributed by atoms with Crippen molar-refractivity contribution in [2.75, 3.05) is 5.75 Å². The van der Waals surface area contributed by atoms with Gasteiger partial charge in [0.05, 0.1) is 11.7 Å². The number of hydrogen-bond donors (Lipinski definition) is 0. The third kappa shape index (κ3) is 5.03. The van der Waals surface area contributed by atoms with E-state index in [0.717, 1.165) is 36.7 Å². The summed E-state index contributed by atoms with van der Waals surface area (Å²) in [5.41, 5.74) is 4.12. The van der Waals surface area contributed by atoms with E-state index in [0.29, 0.717) is 16.5 Å². The number of rotatable bonds is 9. The molecule has 0 saturated heterocycles.